The molecule has 3 saturated heterocycles. The van der Waals surface area contributed by atoms with Crippen LogP contribution in [0.1, 0.15) is 58.4 Å². The average molecular weight is 382 g/mol. The lowest BCUT2D eigenvalue weighted by Gasteiger charge is -2.46. The molecular weight excluding hydrogens is 360 g/mol. The molecule has 146 valence electrons. The second-order valence-electron chi connectivity index (χ2n) is 8.17. The molecule has 8 nitrogen and oxygen atoms in total. The Morgan fingerprint density at radius 2 is 1.71 bits per heavy atom. The first-order valence-electron chi connectivity index (χ1n) is 9.83. The quantitative estimate of drug-likeness (QED) is 0.636. The summed E-state index contributed by atoms with van der Waals surface area (Å²) in [6, 6.07) is 6.06. The molecule has 8 heteroatoms. The maximum Gasteiger partial charge on any atom is 0.262 e. The third-order valence-corrected chi connectivity index (χ3v) is 6.28. The van der Waals surface area contributed by atoms with Crippen LogP contribution in [0.3, 0.4) is 0 Å². The van der Waals surface area contributed by atoms with Crippen molar-refractivity contribution in [1.29, 1.82) is 0 Å². The zero-order valence-electron chi connectivity index (χ0n) is 15.4. The van der Waals surface area contributed by atoms with E-state index in [4.69, 9.17) is 0 Å². The van der Waals surface area contributed by atoms with Gasteiger partial charge in [0.2, 0.25) is 11.8 Å². The summed E-state index contributed by atoms with van der Waals surface area (Å²) in [6.07, 6.45) is 3.79. The highest BCUT2D eigenvalue weighted by Crippen LogP contribution is 2.30. The molecule has 1 aliphatic carbocycles. The van der Waals surface area contributed by atoms with Crippen LogP contribution >= 0.6 is 0 Å². The minimum Gasteiger partial charge on any atom is -0.311 e. The number of nitrogens with one attached hydrogen (secondary N) is 3. The number of carbonyl (C=O) groups excluding carboxylic acids is 4. The number of benzene rings is 1. The third kappa shape index (κ3) is 2.84. The van der Waals surface area contributed by atoms with E-state index in [0.717, 1.165) is 23.3 Å². The molecule has 6 rings (SSSR count). The van der Waals surface area contributed by atoms with Gasteiger partial charge in [-0.1, -0.05) is 6.07 Å². The van der Waals surface area contributed by atoms with Crippen LogP contribution in [-0.2, 0) is 16.1 Å². The zero-order chi connectivity index (χ0) is 19.4. The fourth-order valence-corrected chi connectivity index (χ4v) is 4.82. The Balaban J connectivity index is 1.30. The van der Waals surface area contributed by atoms with Crippen molar-refractivity contribution < 1.29 is 19.2 Å². The Bertz CT molecular complexity index is 882. The number of carbonyl (C=O) groups is 4. The first-order chi connectivity index (χ1) is 13.5. The molecule has 4 amide bonds. The van der Waals surface area contributed by atoms with E-state index in [0.29, 0.717) is 35.8 Å². The van der Waals surface area contributed by atoms with Crippen molar-refractivity contribution in [2.24, 2.45) is 0 Å². The van der Waals surface area contributed by atoms with Crippen LogP contribution in [-0.4, -0.2) is 52.7 Å². The van der Waals surface area contributed by atoms with Crippen LogP contribution in [0.4, 0.5) is 0 Å². The van der Waals surface area contributed by atoms with Crippen LogP contribution in [0.5, 0.6) is 0 Å². The van der Waals surface area contributed by atoms with E-state index in [-0.39, 0.29) is 18.7 Å². The molecule has 0 aromatic heterocycles. The Morgan fingerprint density at radius 3 is 2.43 bits per heavy atom. The number of piperidine rings is 2. The monoisotopic (exact) mass is 382 g/mol. The van der Waals surface area contributed by atoms with E-state index in [2.05, 4.69) is 16.0 Å². The molecule has 5 aliphatic rings. The number of nitrogens with zero attached hydrogens (tertiary/aromatic N) is 1. The number of imide groups is 2. The summed E-state index contributed by atoms with van der Waals surface area (Å²) in [4.78, 5) is 50.0. The Labute approximate surface area is 162 Å². The van der Waals surface area contributed by atoms with Crippen molar-refractivity contribution in [3.63, 3.8) is 0 Å². The second kappa shape index (κ2) is 6.49. The summed E-state index contributed by atoms with van der Waals surface area (Å²) in [5.74, 6) is -1.88. The molecule has 3 unspecified atom stereocenters. The van der Waals surface area contributed by atoms with Crippen LogP contribution in [0, 0.1) is 0 Å². The van der Waals surface area contributed by atoms with Crippen molar-refractivity contribution in [2.45, 2.75) is 62.8 Å². The molecule has 4 aliphatic heterocycles. The van der Waals surface area contributed by atoms with Gasteiger partial charge in [-0.2, -0.15) is 0 Å². The van der Waals surface area contributed by atoms with Gasteiger partial charge in [-0.05, 0) is 43.4 Å². The van der Waals surface area contributed by atoms with E-state index in [1.54, 1.807) is 12.1 Å². The first kappa shape index (κ1) is 17.5. The molecule has 4 heterocycles. The summed E-state index contributed by atoms with van der Waals surface area (Å²) < 4.78 is 0. The molecule has 0 spiro atoms. The van der Waals surface area contributed by atoms with Crippen LogP contribution < -0.4 is 16.0 Å². The smallest absolute Gasteiger partial charge is 0.262 e. The molecule has 1 aromatic rings. The van der Waals surface area contributed by atoms with E-state index in [1.807, 2.05) is 6.07 Å². The van der Waals surface area contributed by atoms with E-state index in [1.165, 1.54) is 6.42 Å². The molecule has 2 bridgehead atoms. The van der Waals surface area contributed by atoms with Crippen LogP contribution in [0.15, 0.2) is 18.2 Å². The fraction of sp³-hybridized carbons (Fsp3) is 0.500. The molecular formula is C20H22N4O4. The topological polar surface area (TPSA) is 108 Å². The van der Waals surface area contributed by atoms with Gasteiger partial charge in [0.25, 0.3) is 11.8 Å². The minimum absolute atomic E-state index is 0.122. The summed E-state index contributed by atoms with van der Waals surface area (Å²) in [7, 11) is 0. The van der Waals surface area contributed by atoms with Crippen molar-refractivity contribution in [1.82, 2.24) is 20.9 Å². The summed E-state index contributed by atoms with van der Waals surface area (Å²) in [5.41, 5.74) is 1.60. The highest BCUT2D eigenvalue weighted by atomic mass is 16.2. The van der Waals surface area contributed by atoms with E-state index in [9.17, 15) is 19.2 Å². The first-order valence-corrected chi connectivity index (χ1v) is 9.83. The fourth-order valence-electron chi connectivity index (χ4n) is 4.82. The summed E-state index contributed by atoms with van der Waals surface area (Å²) in [6.45, 7) is 0.636. The predicted octanol–water partition coefficient (Wildman–Crippen LogP) is 0.0703. The largest absolute Gasteiger partial charge is 0.311 e. The van der Waals surface area contributed by atoms with Gasteiger partial charge >= 0.3 is 0 Å². The molecule has 3 N–H and O–H groups in total. The van der Waals surface area contributed by atoms with Crippen molar-refractivity contribution >= 4 is 23.6 Å². The maximum atomic E-state index is 12.9. The zero-order valence-corrected chi connectivity index (χ0v) is 15.4. The Hall–Kier alpha value is -2.58. The molecule has 4 fully saturated rings. The van der Waals surface area contributed by atoms with Crippen LogP contribution in [0.25, 0.3) is 0 Å². The number of rotatable bonds is 4. The van der Waals surface area contributed by atoms with Gasteiger partial charge in [-0.3, -0.25) is 29.4 Å². The Kier molecular flexibility index (Phi) is 4.06. The average Bonchev–Trinajstić information content (AvgIpc) is 2.90. The summed E-state index contributed by atoms with van der Waals surface area (Å²) in [5, 5.41) is 9.27. The molecule has 3 atom stereocenters. The lowest BCUT2D eigenvalue weighted by atomic mass is 9.79. The molecule has 28 heavy (non-hydrogen) atoms. The highest BCUT2D eigenvalue weighted by Gasteiger charge is 2.44. The van der Waals surface area contributed by atoms with Gasteiger partial charge in [0.05, 0.1) is 11.1 Å². The maximum absolute atomic E-state index is 12.9. The SMILES string of the molecule is O=C1CCC(N2C(=O)c3ccc(CNC4CC5CC(C4)N5)cc3C2=O)C(=O)N1. The van der Waals surface area contributed by atoms with Crippen molar-refractivity contribution in [3.8, 4) is 0 Å². The van der Waals surface area contributed by atoms with Gasteiger partial charge in [0.15, 0.2) is 0 Å². The lowest BCUT2D eigenvalue weighted by Crippen LogP contribution is -2.61. The predicted molar refractivity (Wildman–Crippen MR) is 98.3 cm³/mol. The number of amides is 4. The Morgan fingerprint density at radius 1 is 1.00 bits per heavy atom. The van der Waals surface area contributed by atoms with Crippen molar-refractivity contribution in [3.05, 3.63) is 34.9 Å². The number of hydrogen-bond acceptors (Lipinski definition) is 6. The number of fused-ring (bicyclic) bond motifs is 3. The number of hydrogen-bond donors (Lipinski definition) is 3. The van der Waals surface area contributed by atoms with Gasteiger partial charge in [0, 0.05) is 31.1 Å². The molecule has 1 saturated carbocycles. The second-order valence-corrected chi connectivity index (χ2v) is 8.17. The van der Waals surface area contributed by atoms with Gasteiger partial charge < -0.3 is 10.6 Å². The van der Waals surface area contributed by atoms with Crippen molar-refractivity contribution in [2.75, 3.05) is 0 Å². The normalized spacial score (nSPS) is 31.5. The highest BCUT2D eigenvalue weighted by molar-refractivity contribution is 6.23. The van der Waals surface area contributed by atoms with Crippen LogP contribution in [0.2, 0.25) is 0 Å². The standard InChI is InChI=1S/C20H22N4O4/c25-17-4-3-16(18(26)23-17)24-19(27)14-2-1-10(5-15(14)20(24)28)9-21-11-6-12-8-13(7-11)22-12/h1-2,5,11-13,16,21-22H,3-4,6-9H2,(H,23,25,26). The molecule has 1 aromatic carbocycles. The van der Waals surface area contributed by atoms with Gasteiger partial charge in [-0.25, -0.2) is 0 Å². The van der Waals surface area contributed by atoms with E-state index < -0.39 is 23.8 Å². The summed E-state index contributed by atoms with van der Waals surface area (Å²) >= 11 is 0. The third-order valence-electron chi connectivity index (χ3n) is 6.28. The van der Waals surface area contributed by atoms with Gasteiger partial charge in [0.1, 0.15) is 6.04 Å². The van der Waals surface area contributed by atoms with E-state index >= 15 is 0 Å². The minimum atomic E-state index is -0.923. The lowest BCUT2D eigenvalue weighted by molar-refractivity contribution is -0.136. The molecule has 0 radical (unpaired) electrons. The van der Waals surface area contributed by atoms with Gasteiger partial charge in [-0.15, -0.1) is 0 Å².